The van der Waals surface area contributed by atoms with Gasteiger partial charge in [-0.2, -0.15) is 0 Å². The molecule has 2 rings (SSSR count). The highest BCUT2D eigenvalue weighted by Gasteiger charge is 2.21. The van der Waals surface area contributed by atoms with Crippen LogP contribution in [0.3, 0.4) is 0 Å². The van der Waals surface area contributed by atoms with Crippen molar-refractivity contribution in [1.82, 2.24) is 4.98 Å². The zero-order valence-corrected chi connectivity index (χ0v) is 12.9. The van der Waals surface area contributed by atoms with Crippen LogP contribution in [-0.4, -0.2) is 20.5 Å². The zero-order chi connectivity index (χ0) is 15.6. The van der Waals surface area contributed by atoms with Crippen molar-refractivity contribution in [3.05, 3.63) is 41.7 Å². The predicted octanol–water partition coefficient (Wildman–Crippen LogP) is 2.09. The maximum absolute atomic E-state index is 12.5. The number of benzene rings is 1. The van der Waals surface area contributed by atoms with Crippen LogP contribution in [0.15, 0.2) is 35.4 Å². The summed E-state index contributed by atoms with van der Waals surface area (Å²) in [6.07, 6.45) is 1.46. The molecular formula is C14H17N3O3S. The highest BCUT2D eigenvalue weighted by molar-refractivity contribution is 7.92. The van der Waals surface area contributed by atoms with E-state index in [4.69, 9.17) is 10.5 Å². The van der Waals surface area contributed by atoms with Gasteiger partial charge >= 0.3 is 0 Å². The Labute approximate surface area is 124 Å². The number of hydrogen-bond donors (Lipinski definition) is 2. The van der Waals surface area contributed by atoms with E-state index in [0.717, 1.165) is 11.3 Å². The van der Waals surface area contributed by atoms with Crippen molar-refractivity contribution < 1.29 is 13.2 Å². The number of ether oxygens (including phenoxy) is 1. The normalized spacial score (nSPS) is 11.2. The van der Waals surface area contributed by atoms with Crippen LogP contribution in [-0.2, 0) is 10.0 Å². The third-order valence-corrected chi connectivity index (χ3v) is 4.41. The van der Waals surface area contributed by atoms with Gasteiger partial charge in [-0.25, -0.2) is 8.42 Å². The van der Waals surface area contributed by atoms with Crippen LogP contribution in [0.25, 0.3) is 0 Å². The first kappa shape index (κ1) is 15.1. The number of rotatable bonds is 4. The molecule has 0 aliphatic rings. The fraction of sp³-hybridized carbons (Fsp3) is 0.214. The van der Waals surface area contributed by atoms with Gasteiger partial charge in [0.25, 0.3) is 10.0 Å². The Morgan fingerprint density at radius 2 is 1.95 bits per heavy atom. The molecule has 0 amide bonds. The smallest absolute Gasteiger partial charge is 0.265 e. The molecule has 6 nitrogen and oxygen atoms in total. The van der Waals surface area contributed by atoms with Gasteiger partial charge in [0.1, 0.15) is 10.6 Å². The van der Waals surface area contributed by atoms with Crippen LogP contribution in [0.4, 0.5) is 11.4 Å². The molecule has 1 aromatic heterocycles. The zero-order valence-electron chi connectivity index (χ0n) is 12.0. The van der Waals surface area contributed by atoms with Crippen molar-refractivity contribution >= 4 is 21.4 Å². The molecule has 21 heavy (non-hydrogen) atoms. The number of methoxy groups -OCH3 is 1. The van der Waals surface area contributed by atoms with Crippen molar-refractivity contribution in [2.75, 3.05) is 17.6 Å². The molecule has 0 saturated carbocycles. The van der Waals surface area contributed by atoms with E-state index in [2.05, 4.69) is 9.71 Å². The summed E-state index contributed by atoms with van der Waals surface area (Å²) < 4.78 is 32.5. The lowest BCUT2D eigenvalue weighted by Crippen LogP contribution is -2.15. The van der Waals surface area contributed by atoms with Gasteiger partial charge in [0, 0.05) is 11.4 Å². The van der Waals surface area contributed by atoms with Gasteiger partial charge < -0.3 is 10.5 Å². The predicted molar refractivity (Wildman–Crippen MR) is 81.9 cm³/mol. The number of nitrogens with zero attached hydrogens (tertiary/aromatic N) is 1. The van der Waals surface area contributed by atoms with E-state index in [1.54, 1.807) is 25.1 Å². The van der Waals surface area contributed by atoms with Crippen molar-refractivity contribution in [3.8, 4) is 5.75 Å². The molecule has 0 aliphatic heterocycles. The number of aromatic nitrogens is 1. The maximum Gasteiger partial charge on any atom is 0.265 e. The number of aryl methyl sites for hydroxylation is 2. The first-order valence-corrected chi connectivity index (χ1v) is 7.71. The molecule has 1 aromatic carbocycles. The Kier molecular flexibility index (Phi) is 4.04. The minimum Gasteiger partial charge on any atom is -0.495 e. The van der Waals surface area contributed by atoms with E-state index in [1.807, 2.05) is 6.92 Å². The van der Waals surface area contributed by atoms with Gasteiger partial charge in [0.05, 0.1) is 19.0 Å². The molecule has 0 unspecified atom stereocenters. The lowest BCUT2D eigenvalue weighted by Gasteiger charge is -2.13. The second-order valence-electron chi connectivity index (χ2n) is 4.65. The molecule has 1 heterocycles. The second kappa shape index (κ2) is 5.61. The monoisotopic (exact) mass is 307 g/mol. The fourth-order valence-corrected chi connectivity index (χ4v) is 3.02. The van der Waals surface area contributed by atoms with Crippen LogP contribution in [0.1, 0.15) is 11.3 Å². The van der Waals surface area contributed by atoms with Crippen LogP contribution in [0.2, 0.25) is 0 Å². The van der Waals surface area contributed by atoms with Gasteiger partial charge in [-0.1, -0.05) is 0 Å². The molecule has 0 atom stereocenters. The summed E-state index contributed by atoms with van der Waals surface area (Å²) in [6, 6.07) is 6.35. The number of nitrogens with two attached hydrogens (primary N) is 1. The van der Waals surface area contributed by atoms with E-state index in [0.29, 0.717) is 11.4 Å². The Morgan fingerprint density at radius 1 is 1.24 bits per heavy atom. The lowest BCUT2D eigenvalue weighted by atomic mass is 10.2. The molecule has 0 bridgehead atoms. The third-order valence-electron chi connectivity index (χ3n) is 3.01. The van der Waals surface area contributed by atoms with Gasteiger partial charge in [0.15, 0.2) is 0 Å². The number of nitrogens with one attached hydrogen (secondary N) is 1. The Morgan fingerprint density at radius 3 is 2.52 bits per heavy atom. The minimum atomic E-state index is -3.80. The Balaban J connectivity index is 2.44. The molecule has 3 N–H and O–H groups in total. The van der Waals surface area contributed by atoms with Gasteiger partial charge in [-0.3, -0.25) is 9.71 Å². The van der Waals surface area contributed by atoms with Crippen LogP contribution >= 0.6 is 0 Å². The Hall–Kier alpha value is -2.28. The van der Waals surface area contributed by atoms with Crippen LogP contribution in [0.5, 0.6) is 5.75 Å². The number of anilines is 2. The number of hydrogen-bond acceptors (Lipinski definition) is 5. The Bertz CT molecular complexity index is 756. The van der Waals surface area contributed by atoms with Gasteiger partial charge in [-0.05, 0) is 43.7 Å². The van der Waals surface area contributed by atoms with E-state index >= 15 is 0 Å². The van der Waals surface area contributed by atoms with E-state index in [9.17, 15) is 8.42 Å². The molecular weight excluding hydrogens is 290 g/mol. The summed E-state index contributed by atoms with van der Waals surface area (Å²) >= 11 is 0. The highest BCUT2D eigenvalue weighted by Crippen LogP contribution is 2.30. The molecule has 0 radical (unpaired) electrons. The maximum atomic E-state index is 12.5. The number of pyridine rings is 1. The molecule has 0 saturated heterocycles. The summed E-state index contributed by atoms with van der Waals surface area (Å²) in [6.45, 7) is 3.60. The molecule has 0 aliphatic carbocycles. The summed E-state index contributed by atoms with van der Waals surface area (Å²) in [5, 5.41) is 0. The van der Waals surface area contributed by atoms with Crippen LogP contribution in [0, 0.1) is 13.8 Å². The minimum absolute atomic E-state index is 0.00586. The van der Waals surface area contributed by atoms with Crippen molar-refractivity contribution in [2.45, 2.75) is 18.7 Å². The fourth-order valence-electron chi connectivity index (χ4n) is 1.79. The topological polar surface area (TPSA) is 94.3 Å². The molecule has 0 spiro atoms. The van der Waals surface area contributed by atoms with Crippen LogP contribution < -0.4 is 15.2 Å². The van der Waals surface area contributed by atoms with Crippen molar-refractivity contribution in [1.29, 1.82) is 0 Å². The quantitative estimate of drug-likeness (QED) is 0.843. The number of nitrogen functional groups attached to an aromatic ring is 1. The standard InChI is InChI=1S/C14H17N3O3S/c1-9-6-13(20-3)14(7-12(9)15)21(18,19)17-11-5-4-10(2)16-8-11/h4-8,17H,15H2,1-3H3. The second-order valence-corrected chi connectivity index (χ2v) is 6.30. The third kappa shape index (κ3) is 3.25. The van der Waals surface area contributed by atoms with E-state index in [-0.39, 0.29) is 10.6 Å². The average molecular weight is 307 g/mol. The van der Waals surface area contributed by atoms with Gasteiger partial charge in [-0.15, -0.1) is 0 Å². The average Bonchev–Trinajstić information content (AvgIpc) is 2.43. The van der Waals surface area contributed by atoms with Crippen molar-refractivity contribution in [2.24, 2.45) is 0 Å². The first-order valence-electron chi connectivity index (χ1n) is 6.23. The number of sulfonamides is 1. The molecule has 2 aromatic rings. The summed E-state index contributed by atoms with van der Waals surface area (Å²) in [4.78, 5) is 4.04. The summed E-state index contributed by atoms with van der Waals surface area (Å²) in [5.74, 6) is 0.245. The van der Waals surface area contributed by atoms with Crippen molar-refractivity contribution in [3.63, 3.8) is 0 Å². The molecule has 112 valence electrons. The summed E-state index contributed by atoms with van der Waals surface area (Å²) in [7, 11) is -2.39. The first-order chi connectivity index (χ1) is 9.83. The molecule has 7 heteroatoms. The van der Waals surface area contributed by atoms with E-state index < -0.39 is 10.0 Å². The summed E-state index contributed by atoms with van der Waals surface area (Å²) in [5.41, 5.74) is 8.11. The van der Waals surface area contributed by atoms with Gasteiger partial charge in [0.2, 0.25) is 0 Å². The lowest BCUT2D eigenvalue weighted by molar-refractivity contribution is 0.402. The largest absolute Gasteiger partial charge is 0.495 e. The van der Waals surface area contributed by atoms with E-state index in [1.165, 1.54) is 19.4 Å². The molecule has 0 fully saturated rings. The highest BCUT2D eigenvalue weighted by atomic mass is 32.2. The SMILES string of the molecule is COc1cc(C)c(N)cc1S(=O)(=O)Nc1ccc(C)nc1.